The van der Waals surface area contributed by atoms with E-state index in [2.05, 4.69) is 9.97 Å². The monoisotopic (exact) mass is 310 g/mol. The number of hydrogen-bond acceptors (Lipinski definition) is 7. The molecule has 120 valence electrons. The summed E-state index contributed by atoms with van der Waals surface area (Å²) in [6.07, 6.45) is -1.49. The van der Waals surface area contributed by atoms with E-state index in [-0.39, 0.29) is 18.1 Å². The molecule has 1 fully saturated rings. The zero-order valence-electron chi connectivity index (χ0n) is 12.2. The molecule has 0 radical (unpaired) electrons. The van der Waals surface area contributed by atoms with Crippen LogP contribution >= 0.6 is 0 Å². The third-order valence-corrected chi connectivity index (χ3v) is 3.93. The molecule has 2 aromatic rings. The number of aliphatic hydroxyl groups excluding tert-OH is 2. The number of rotatable bonds is 3. The molecule has 3 heterocycles. The van der Waals surface area contributed by atoms with Crippen LogP contribution in [0.1, 0.15) is 11.8 Å². The van der Waals surface area contributed by atoms with Gasteiger partial charge in [0.1, 0.15) is 18.3 Å². The van der Waals surface area contributed by atoms with Gasteiger partial charge in [-0.05, 0) is 12.5 Å². The molecule has 4 atom stereocenters. The second-order valence-corrected chi connectivity index (χ2v) is 5.31. The molecule has 0 spiro atoms. The van der Waals surface area contributed by atoms with Crippen molar-refractivity contribution in [3.8, 4) is 0 Å². The lowest BCUT2D eigenvalue weighted by Crippen LogP contribution is -2.34. The third kappa shape index (κ3) is 2.10. The number of aryl methyl sites for hydroxylation is 1. The topological polar surface area (TPSA) is 136 Å². The molecule has 1 saturated heterocycles. The molecule has 3 rings (SSSR count). The molecule has 22 heavy (non-hydrogen) atoms. The highest BCUT2D eigenvalue weighted by Gasteiger charge is 2.45. The van der Waals surface area contributed by atoms with E-state index in [4.69, 9.17) is 15.2 Å². The van der Waals surface area contributed by atoms with Gasteiger partial charge in [0.15, 0.2) is 11.9 Å². The number of methoxy groups -OCH3 is 1. The quantitative estimate of drug-likeness (QED) is 0.564. The van der Waals surface area contributed by atoms with Crippen LogP contribution in [0.3, 0.4) is 0 Å². The van der Waals surface area contributed by atoms with E-state index in [0.29, 0.717) is 16.6 Å². The summed E-state index contributed by atoms with van der Waals surface area (Å²) in [6, 6.07) is 0. The Morgan fingerprint density at radius 3 is 2.95 bits per heavy atom. The molecule has 0 aromatic carbocycles. The van der Waals surface area contributed by atoms with Crippen LogP contribution in [-0.4, -0.2) is 56.8 Å². The van der Waals surface area contributed by atoms with Crippen molar-refractivity contribution in [1.82, 2.24) is 14.5 Å². The SMILES string of the molecule is COC1[C@@H](O)[C@@H](CO)O[C@H]1n1cc(C)c2c(=O)[nH]c(N)nc21. The number of ether oxygens (including phenoxy) is 2. The molecular weight excluding hydrogens is 292 g/mol. The first kappa shape index (κ1) is 15.0. The fourth-order valence-corrected chi connectivity index (χ4v) is 2.90. The zero-order valence-corrected chi connectivity index (χ0v) is 12.2. The molecule has 2 aromatic heterocycles. The smallest absolute Gasteiger partial charge is 0.262 e. The predicted octanol–water partition coefficient (Wildman–Crippen LogP) is -1.12. The number of H-pyrrole nitrogens is 1. The van der Waals surface area contributed by atoms with Gasteiger partial charge in [0.2, 0.25) is 5.95 Å². The summed E-state index contributed by atoms with van der Waals surface area (Å²) in [7, 11) is 1.44. The fourth-order valence-electron chi connectivity index (χ4n) is 2.90. The van der Waals surface area contributed by atoms with Gasteiger partial charge >= 0.3 is 0 Å². The number of hydrogen-bond donors (Lipinski definition) is 4. The minimum atomic E-state index is -0.989. The Labute approximate surface area is 125 Å². The van der Waals surface area contributed by atoms with Gasteiger partial charge in [-0.2, -0.15) is 4.98 Å². The van der Waals surface area contributed by atoms with Crippen LogP contribution in [0.4, 0.5) is 5.95 Å². The number of anilines is 1. The van der Waals surface area contributed by atoms with Gasteiger partial charge < -0.3 is 30.0 Å². The van der Waals surface area contributed by atoms with Crippen LogP contribution in [-0.2, 0) is 9.47 Å². The molecule has 9 nitrogen and oxygen atoms in total. The van der Waals surface area contributed by atoms with Gasteiger partial charge in [0, 0.05) is 13.3 Å². The van der Waals surface area contributed by atoms with Gasteiger partial charge in [-0.3, -0.25) is 9.78 Å². The van der Waals surface area contributed by atoms with Crippen molar-refractivity contribution in [3.63, 3.8) is 0 Å². The molecule has 1 unspecified atom stereocenters. The van der Waals surface area contributed by atoms with E-state index < -0.39 is 24.5 Å². The maximum Gasteiger partial charge on any atom is 0.262 e. The maximum absolute atomic E-state index is 12.0. The van der Waals surface area contributed by atoms with Gasteiger partial charge in [-0.25, -0.2) is 0 Å². The lowest BCUT2D eigenvalue weighted by Gasteiger charge is -2.20. The van der Waals surface area contributed by atoms with E-state index in [9.17, 15) is 15.0 Å². The second-order valence-electron chi connectivity index (χ2n) is 5.31. The summed E-state index contributed by atoms with van der Waals surface area (Å²) in [6.45, 7) is 1.43. The average Bonchev–Trinajstić information content (AvgIpc) is 2.96. The largest absolute Gasteiger partial charge is 0.394 e. The zero-order chi connectivity index (χ0) is 16.0. The molecule has 0 aliphatic carbocycles. The Balaban J connectivity index is 2.16. The standard InChI is InChI=1S/C13H18N4O5/c1-5-3-17(10-7(5)11(20)16-13(14)15-10)12-9(21-2)8(19)6(4-18)22-12/h3,6,8-9,12,18-19H,4H2,1-2H3,(H3,14,15,16,20)/t6-,8+,9?,12-/m1/s1. The Bertz CT molecular complexity index is 755. The molecule has 9 heteroatoms. The Kier molecular flexibility index (Phi) is 3.65. The number of aliphatic hydroxyl groups is 2. The van der Waals surface area contributed by atoms with Gasteiger partial charge in [0.25, 0.3) is 5.56 Å². The number of nitrogens with zero attached hydrogens (tertiary/aromatic N) is 2. The van der Waals surface area contributed by atoms with Crippen LogP contribution < -0.4 is 11.3 Å². The Morgan fingerprint density at radius 1 is 1.59 bits per heavy atom. The lowest BCUT2D eigenvalue weighted by atomic mass is 10.1. The van der Waals surface area contributed by atoms with E-state index in [1.54, 1.807) is 17.7 Å². The molecule has 5 N–H and O–H groups in total. The van der Waals surface area contributed by atoms with Crippen LogP contribution in [0.15, 0.2) is 11.0 Å². The van der Waals surface area contributed by atoms with Crippen molar-refractivity contribution in [3.05, 3.63) is 22.1 Å². The summed E-state index contributed by atoms with van der Waals surface area (Å²) in [4.78, 5) is 18.6. The van der Waals surface area contributed by atoms with Crippen LogP contribution in [0, 0.1) is 6.92 Å². The van der Waals surface area contributed by atoms with Crippen molar-refractivity contribution < 1.29 is 19.7 Å². The minimum absolute atomic E-state index is 0.0110. The summed E-state index contributed by atoms with van der Waals surface area (Å²) < 4.78 is 12.5. The third-order valence-electron chi connectivity index (χ3n) is 3.93. The molecular formula is C13H18N4O5. The minimum Gasteiger partial charge on any atom is -0.394 e. The van der Waals surface area contributed by atoms with E-state index >= 15 is 0 Å². The first-order valence-corrected chi connectivity index (χ1v) is 6.82. The van der Waals surface area contributed by atoms with Gasteiger partial charge in [0.05, 0.1) is 12.0 Å². The van der Waals surface area contributed by atoms with Crippen molar-refractivity contribution in [1.29, 1.82) is 0 Å². The lowest BCUT2D eigenvalue weighted by molar-refractivity contribution is -0.0580. The molecule has 0 saturated carbocycles. The van der Waals surface area contributed by atoms with Gasteiger partial charge in [-0.1, -0.05) is 0 Å². The molecule has 1 aliphatic heterocycles. The van der Waals surface area contributed by atoms with Crippen LogP contribution in [0.2, 0.25) is 0 Å². The molecule has 0 bridgehead atoms. The van der Waals surface area contributed by atoms with E-state index in [1.807, 2.05) is 0 Å². The number of nitrogens with one attached hydrogen (secondary N) is 1. The number of nitrogens with two attached hydrogens (primary N) is 1. The molecule has 1 aliphatic rings. The van der Waals surface area contributed by atoms with E-state index in [0.717, 1.165) is 0 Å². The van der Waals surface area contributed by atoms with Crippen LogP contribution in [0.25, 0.3) is 11.0 Å². The number of nitrogen functional groups attached to an aromatic ring is 1. The molecule has 0 amide bonds. The second kappa shape index (κ2) is 5.36. The fraction of sp³-hybridized carbons (Fsp3) is 0.538. The number of aromatic amines is 1. The number of fused-ring (bicyclic) bond motifs is 1. The summed E-state index contributed by atoms with van der Waals surface area (Å²) in [5.74, 6) is -0.0110. The summed E-state index contributed by atoms with van der Waals surface area (Å²) in [5.41, 5.74) is 6.31. The first-order valence-electron chi connectivity index (χ1n) is 6.82. The predicted molar refractivity (Wildman–Crippen MR) is 77.3 cm³/mol. The highest BCUT2D eigenvalue weighted by atomic mass is 16.6. The maximum atomic E-state index is 12.0. The van der Waals surface area contributed by atoms with Gasteiger partial charge in [-0.15, -0.1) is 0 Å². The summed E-state index contributed by atoms with van der Waals surface area (Å²) in [5, 5.41) is 19.8. The highest BCUT2D eigenvalue weighted by Crippen LogP contribution is 2.34. The number of aromatic nitrogens is 3. The van der Waals surface area contributed by atoms with Crippen molar-refractivity contribution in [2.24, 2.45) is 0 Å². The average molecular weight is 310 g/mol. The van der Waals surface area contributed by atoms with Crippen molar-refractivity contribution in [2.75, 3.05) is 19.5 Å². The van der Waals surface area contributed by atoms with Crippen molar-refractivity contribution in [2.45, 2.75) is 31.5 Å². The first-order chi connectivity index (χ1) is 10.5. The Morgan fingerprint density at radius 2 is 2.32 bits per heavy atom. The van der Waals surface area contributed by atoms with Crippen LogP contribution in [0.5, 0.6) is 0 Å². The van der Waals surface area contributed by atoms with Crippen molar-refractivity contribution >= 4 is 17.0 Å². The normalized spacial score (nSPS) is 28.5. The summed E-state index contributed by atoms with van der Waals surface area (Å²) >= 11 is 0. The highest BCUT2D eigenvalue weighted by molar-refractivity contribution is 5.80. The Hall–Kier alpha value is -1.94. The van der Waals surface area contributed by atoms with E-state index in [1.165, 1.54) is 7.11 Å².